The van der Waals surface area contributed by atoms with Gasteiger partial charge in [0.2, 0.25) is 0 Å². The van der Waals surface area contributed by atoms with Gasteiger partial charge in [0, 0.05) is 5.56 Å². The van der Waals surface area contributed by atoms with Crippen molar-refractivity contribution >= 4 is 15.7 Å². The van der Waals surface area contributed by atoms with E-state index in [1.54, 1.807) is 30.3 Å². The Morgan fingerprint density at radius 1 is 1.17 bits per heavy atom. The van der Waals surface area contributed by atoms with Gasteiger partial charge in [0.15, 0.2) is 9.84 Å². The van der Waals surface area contributed by atoms with Gasteiger partial charge in [-0.2, -0.15) is 0 Å². The number of aryl methyl sites for hydroxylation is 1. The van der Waals surface area contributed by atoms with Gasteiger partial charge >= 0.3 is 0 Å². The van der Waals surface area contributed by atoms with Gasteiger partial charge in [-0.1, -0.05) is 31.2 Å². The molecule has 1 atom stereocenters. The second-order valence-corrected chi connectivity index (χ2v) is 7.73. The summed E-state index contributed by atoms with van der Waals surface area (Å²) < 4.78 is 30.2. The average Bonchev–Trinajstić information content (AvgIpc) is 2.59. The molecule has 1 unspecified atom stereocenters. The van der Waals surface area contributed by atoms with Gasteiger partial charge in [0.1, 0.15) is 16.7 Å². The maximum atomic E-state index is 12.3. The van der Waals surface area contributed by atoms with E-state index in [0.29, 0.717) is 11.3 Å². The van der Waals surface area contributed by atoms with Gasteiger partial charge in [-0.15, -0.1) is 0 Å². The van der Waals surface area contributed by atoms with E-state index >= 15 is 0 Å². The Hall–Kier alpha value is -2.34. The molecule has 0 aromatic heterocycles. The van der Waals surface area contributed by atoms with Crippen LogP contribution >= 0.6 is 0 Å². The van der Waals surface area contributed by atoms with E-state index in [0.717, 1.165) is 12.0 Å². The summed E-state index contributed by atoms with van der Waals surface area (Å²) >= 11 is 0. The van der Waals surface area contributed by atoms with E-state index in [-0.39, 0.29) is 23.1 Å². The second-order valence-electron chi connectivity index (χ2n) is 5.73. The van der Waals surface area contributed by atoms with Crippen LogP contribution < -0.4 is 10.1 Å². The maximum Gasteiger partial charge on any atom is 0.251 e. The minimum atomic E-state index is -3.39. The molecule has 0 bridgehead atoms. The van der Waals surface area contributed by atoms with E-state index in [1.807, 2.05) is 19.1 Å². The zero-order chi connectivity index (χ0) is 17.2. The number of fused-ring (bicyclic) bond motifs is 1. The normalized spacial score (nSPS) is 18.3. The van der Waals surface area contributed by atoms with E-state index in [2.05, 4.69) is 5.32 Å². The molecular weight excluding hydrogens is 326 g/mol. The Morgan fingerprint density at radius 2 is 1.88 bits per heavy atom. The van der Waals surface area contributed by atoms with Crippen molar-refractivity contribution in [2.75, 3.05) is 12.3 Å². The number of ether oxygens (including phenoxy) is 1. The molecule has 0 saturated heterocycles. The molecule has 126 valence electrons. The van der Waals surface area contributed by atoms with Gasteiger partial charge in [-0.05, 0) is 36.2 Å². The van der Waals surface area contributed by atoms with Crippen molar-refractivity contribution in [1.82, 2.24) is 5.32 Å². The largest absolute Gasteiger partial charge is 0.486 e. The number of amides is 1. The van der Waals surface area contributed by atoms with Crippen LogP contribution in [0, 0.1) is 0 Å². The number of para-hydroxylation sites is 1. The second kappa shape index (κ2) is 6.65. The number of rotatable bonds is 4. The fourth-order valence-corrected chi connectivity index (χ4v) is 4.22. The lowest BCUT2D eigenvalue weighted by atomic mass is 10.1. The molecule has 6 heteroatoms. The van der Waals surface area contributed by atoms with Crippen molar-refractivity contribution in [1.29, 1.82) is 0 Å². The number of nitrogens with one attached hydrogen (secondary N) is 1. The summed E-state index contributed by atoms with van der Waals surface area (Å²) in [6.45, 7) is 2.19. The lowest BCUT2D eigenvalue weighted by Gasteiger charge is -2.26. The molecule has 0 aliphatic carbocycles. The number of hydrogen-bond acceptors (Lipinski definition) is 4. The molecule has 0 spiro atoms. The molecular formula is C18H19NO4S. The topological polar surface area (TPSA) is 72.5 Å². The van der Waals surface area contributed by atoms with Gasteiger partial charge in [-0.25, -0.2) is 8.42 Å². The van der Waals surface area contributed by atoms with Crippen molar-refractivity contribution < 1.29 is 17.9 Å². The summed E-state index contributed by atoms with van der Waals surface area (Å²) in [5.41, 5.74) is 1.70. The standard InChI is InChI=1S/C18H19NO4S/c1-2-13-7-9-14(10-8-13)18(20)19-11-15-12-24(21,22)17-6-4-3-5-16(17)23-15/h3-10,15H,2,11-12H2,1H3,(H,19,20). The quantitative estimate of drug-likeness (QED) is 0.922. The van der Waals surface area contributed by atoms with E-state index < -0.39 is 15.9 Å². The molecule has 0 saturated carbocycles. The molecule has 24 heavy (non-hydrogen) atoms. The summed E-state index contributed by atoms with van der Waals surface area (Å²) in [4.78, 5) is 12.4. The van der Waals surface area contributed by atoms with Gasteiger partial charge in [0.25, 0.3) is 5.91 Å². The van der Waals surface area contributed by atoms with Crippen LogP contribution in [0.15, 0.2) is 53.4 Å². The Bertz CT molecular complexity index is 844. The van der Waals surface area contributed by atoms with Crippen molar-refractivity contribution in [3.8, 4) is 5.75 Å². The third-order valence-electron chi connectivity index (χ3n) is 4.00. The monoisotopic (exact) mass is 345 g/mol. The lowest BCUT2D eigenvalue weighted by molar-refractivity contribution is 0.0930. The van der Waals surface area contributed by atoms with Crippen LogP contribution in [0.5, 0.6) is 5.75 Å². The van der Waals surface area contributed by atoms with Crippen molar-refractivity contribution in [2.24, 2.45) is 0 Å². The smallest absolute Gasteiger partial charge is 0.251 e. The summed E-state index contributed by atoms with van der Waals surface area (Å²) in [6, 6.07) is 13.9. The first-order valence-electron chi connectivity index (χ1n) is 7.85. The zero-order valence-electron chi connectivity index (χ0n) is 13.4. The van der Waals surface area contributed by atoms with Crippen LogP contribution in [0.1, 0.15) is 22.8 Å². The van der Waals surface area contributed by atoms with E-state index in [1.165, 1.54) is 6.07 Å². The molecule has 1 N–H and O–H groups in total. The molecule has 1 aliphatic heterocycles. The first-order chi connectivity index (χ1) is 11.5. The third-order valence-corrected chi connectivity index (χ3v) is 5.82. The number of carbonyl (C=O) groups excluding carboxylic acids is 1. The van der Waals surface area contributed by atoms with Crippen LogP contribution in [-0.4, -0.2) is 32.7 Å². The molecule has 2 aromatic rings. The lowest BCUT2D eigenvalue weighted by Crippen LogP contribution is -2.42. The van der Waals surface area contributed by atoms with Crippen LogP contribution in [0.3, 0.4) is 0 Å². The molecule has 1 aliphatic rings. The molecule has 0 fully saturated rings. The van der Waals surface area contributed by atoms with Crippen molar-refractivity contribution in [3.05, 3.63) is 59.7 Å². The Labute approximate surface area is 141 Å². The van der Waals surface area contributed by atoms with Crippen LogP contribution in [-0.2, 0) is 16.3 Å². The fraction of sp³-hybridized carbons (Fsp3) is 0.278. The maximum absolute atomic E-state index is 12.3. The fourth-order valence-electron chi connectivity index (χ4n) is 2.65. The molecule has 1 amide bonds. The number of sulfone groups is 1. The molecule has 5 nitrogen and oxygen atoms in total. The third kappa shape index (κ3) is 3.43. The summed E-state index contributed by atoms with van der Waals surface area (Å²) in [5, 5.41) is 2.75. The molecule has 0 radical (unpaired) electrons. The number of carbonyl (C=O) groups is 1. The van der Waals surface area contributed by atoms with Crippen molar-refractivity contribution in [3.63, 3.8) is 0 Å². The minimum absolute atomic E-state index is 0.140. The zero-order valence-corrected chi connectivity index (χ0v) is 14.2. The number of hydrogen-bond donors (Lipinski definition) is 1. The van der Waals surface area contributed by atoms with Crippen molar-refractivity contribution in [2.45, 2.75) is 24.3 Å². The SMILES string of the molecule is CCc1ccc(C(=O)NCC2CS(=O)(=O)c3ccccc3O2)cc1. The highest BCUT2D eigenvalue weighted by Crippen LogP contribution is 2.30. The number of benzene rings is 2. The Kier molecular flexibility index (Phi) is 4.57. The Balaban J connectivity index is 1.66. The van der Waals surface area contributed by atoms with E-state index in [9.17, 15) is 13.2 Å². The molecule has 1 heterocycles. The Morgan fingerprint density at radius 3 is 2.58 bits per heavy atom. The predicted molar refractivity (Wildman–Crippen MR) is 91.1 cm³/mol. The highest BCUT2D eigenvalue weighted by atomic mass is 32.2. The van der Waals surface area contributed by atoms with Gasteiger partial charge < -0.3 is 10.1 Å². The van der Waals surface area contributed by atoms with Crippen LogP contribution in [0.2, 0.25) is 0 Å². The van der Waals surface area contributed by atoms with Crippen LogP contribution in [0.4, 0.5) is 0 Å². The average molecular weight is 345 g/mol. The van der Waals surface area contributed by atoms with Crippen LogP contribution in [0.25, 0.3) is 0 Å². The highest BCUT2D eigenvalue weighted by molar-refractivity contribution is 7.91. The minimum Gasteiger partial charge on any atom is -0.486 e. The molecule has 2 aromatic carbocycles. The summed E-state index contributed by atoms with van der Waals surface area (Å²) in [5.74, 6) is -0.0354. The highest BCUT2D eigenvalue weighted by Gasteiger charge is 2.31. The summed E-state index contributed by atoms with van der Waals surface area (Å²) in [7, 11) is -3.39. The van der Waals surface area contributed by atoms with E-state index in [4.69, 9.17) is 4.74 Å². The first-order valence-corrected chi connectivity index (χ1v) is 9.50. The predicted octanol–water partition coefficient (Wildman–Crippen LogP) is 2.21. The van der Waals surface area contributed by atoms with Gasteiger partial charge in [0.05, 0.1) is 12.3 Å². The molecule has 3 rings (SSSR count). The first kappa shape index (κ1) is 16.5. The van der Waals surface area contributed by atoms with Gasteiger partial charge in [-0.3, -0.25) is 4.79 Å². The summed E-state index contributed by atoms with van der Waals surface area (Å²) in [6.07, 6.45) is 0.318.